The number of hydrogen-bond donors (Lipinski definition) is 1. The largest absolute Gasteiger partial charge is 0.381 e. The van der Waals surface area contributed by atoms with Crippen LogP contribution < -0.4 is 5.32 Å². The molecule has 5 nitrogen and oxygen atoms in total. The van der Waals surface area contributed by atoms with Crippen molar-refractivity contribution in [3.8, 4) is 0 Å². The number of thioether (sulfide) groups is 1. The summed E-state index contributed by atoms with van der Waals surface area (Å²) < 4.78 is 5.25. The summed E-state index contributed by atoms with van der Waals surface area (Å²) >= 11 is 1.45. The molecular formula is C11H15N3O2S. The average Bonchev–Trinajstić information content (AvgIpc) is 2.89. The van der Waals surface area contributed by atoms with Crippen molar-refractivity contribution in [1.29, 1.82) is 0 Å². The SMILES string of the molecule is CSc1ncc(C(=O)NC[C@@H]2CCOC2)cn1. The van der Waals surface area contributed by atoms with Crippen LogP contribution in [0.3, 0.4) is 0 Å². The molecule has 1 atom stereocenters. The predicted molar refractivity (Wildman–Crippen MR) is 65.1 cm³/mol. The second-order valence-corrected chi connectivity index (χ2v) is 4.67. The van der Waals surface area contributed by atoms with E-state index in [1.54, 1.807) is 12.4 Å². The van der Waals surface area contributed by atoms with Crippen LogP contribution in [0.5, 0.6) is 0 Å². The topological polar surface area (TPSA) is 64.1 Å². The lowest BCUT2D eigenvalue weighted by Gasteiger charge is -2.09. The van der Waals surface area contributed by atoms with Gasteiger partial charge in [-0.25, -0.2) is 9.97 Å². The van der Waals surface area contributed by atoms with Gasteiger partial charge in [-0.15, -0.1) is 0 Å². The number of ether oxygens (including phenoxy) is 1. The van der Waals surface area contributed by atoms with E-state index >= 15 is 0 Å². The van der Waals surface area contributed by atoms with E-state index in [0.29, 0.717) is 23.2 Å². The van der Waals surface area contributed by atoms with Gasteiger partial charge in [-0.1, -0.05) is 11.8 Å². The molecule has 1 aromatic heterocycles. The van der Waals surface area contributed by atoms with Crippen molar-refractivity contribution < 1.29 is 9.53 Å². The monoisotopic (exact) mass is 253 g/mol. The summed E-state index contributed by atoms with van der Waals surface area (Å²) in [4.78, 5) is 19.9. The van der Waals surface area contributed by atoms with Gasteiger partial charge in [0.15, 0.2) is 5.16 Å². The molecule has 0 saturated carbocycles. The van der Waals surface area contributed by atoms with E-state index in [1.807, 2.05) is 6.26 Å². The van der Waals surface area contributed by atoms with Crippen molar-refractivity contribution >= 4 is 17.7 Å². The molecule has 6 heteroatoms. The maximum atomic E-state index is 11.8. The first-order chi connectivity index (χ1) is 8.29. The van der Waals surface area contributed by atoms with Gasteiger partial charge in [0, 0.05) is 31.5 Å². The summed E-state index contributed by atoms with van der Waals surface area (Å²) in [5.41, 5.74) is 0.502. The van der Waals surface area contributed by atoms with Gasteiger partial charge < -0.3 is 10.1 Å². The van der Waals surface area contributed by atoms with Crippen LogP contribution in [0.15, 0.2) is 17.6 Å². The first-order valence-corrected chi connectivity index (χ1v) is 6.74. The zero-order valence-corrected chi connectivity index (χ0v) is 10.5. The fraction of sp³-hybridized carbons (Fsp3) is 0.545. The molecule has 1 aliphatic rings. The molecule has 2 rings (SSSR count). The third-order valence-corrected chi connectivity index (χ3v) is 3.22. The van der Waals surface area contributed by atoms with Gasteiger partial charge >= 0.3 is 0 Å². The zero-order valence-electron chi connectivity index (χ0n) is 9.68. The van der Waals surface area contributed by atoms with E-state index < -0.39 is 0 Å². The van der Waals surface area contributed by atoms with E-state index in [4.69, 9.17) is 4.74 Å². The highest BCUT2D eigenvalue weighted by molar-refractivity contribution is 7.98. The van der Waals surface area contributed by atoms with Crippen molar-refractivity contribution in [1.82, 2.24) is 15.3 Å². The Morgan fingerprint density at radius 2 is 2.35 bits per heavy atom. The van der Waals surface area contributed by atoms with E-state index in [0.717, 1.165) is 19.6 Å². The number of aromatic nitrogens is 2. The normalized spacial score (nSPS) is 19.2. The van der Waals surface area contributed by atoms with Crippen molar-refractivity contribution in [2.45, 2.75) is 11.6 Å². The number of nitrogens with zero attached hydrogens (tertiary/aromatic N) is 2. The maximum Gasteiger partial charge on any atom is 0.254 e. The molecule has 0 bridgehead atoms. The lowest BCUT2D eigenvalue weighted by molar-refractivity contribution is 0.0944. The Kier molecular flexibility index (Phi) is 4.33. The summed E-state index contributed by atoms with van der Waals surface area (Å²) in [6.07, 6.45) is 6.02. The minimum Gasteiger partial charge on any atom is -0.381 e. The molecule has 1 saturated heterocycles. The first kappa shape index (κ1) is 12.3. The van der Waals surface area contributed by atoms with Gasteiger partial charge in [-0.3, -0.25) is 4.79 Å². The second-order valence-electron chi connectivity index (χ2n) is 3.90. The number of nitrogens with one attached hydrogen (secondary N) is 1. The number of carbonyl (C=O) groups excluding carboxylic acids is 1. The molecule has 0 radical (unpaired) electrons. The number of hydrogen-bond acceptors (Lipinski definition) is 5. The van der Waals surface area contributed by atoms with Crippen molar-refractivity contribution in [2.75, 3.05) is 26.0 Å². The molecule has 1 fully saturated rings. The fourth-order valence-electron chi connectivity index (χ4n) is 1.62. The van der Waals surface area contributed by atoms with Crippen LogP contribution in [0, 0.1) is 5.92 Å². The lowest BCUT2D eigenvalue weighted by Crippen LogP contribution is -2.29. The Bertz CT molecular complexity index is 377. The summed E-state index contributed by atoms with van der Waals surface area (Å²) in [5.74, 6) is 0.315. The van der Waals surface area contributed by atoms with Crippen LogP contribution in [0.2, 0.25) is 0 Å². The van der Waals surface area contributed by atoms with Crippen molar-refractivity contribution in [3.05, 3.63) is 18.0 Å². The summed E-state index contributed by atoms with van der Waals surface area (Å²) in [6, 6.07) is 0. The lowest BCUT2D eigenvalue weighted by atomic mass is 10.1. The Hall–Kier alpha value is -1.14. The van der Waals surface area contributed by atoms with Crippen LogP contribution in [0.25, 0.3) is 0 Å². The highest BCUT2D eigenvalue weighted by atomic mass is 32.2. The quantitative estimate of drug-likeness (QED) is 0.639. The number of rotatable bonds is 4. The standard InChI is InChI=1S/C11H15N3O2S/c1-17-11-13-5-9(6-14-11)10(15)12-4-8-2-3-16-7-8/h5-6,8H,2-4,7H2,1H3,(H,12,15)/t8-/m0/s1. The molecule has 0 aromatic carbocycles. The summed E-state index contributed by atoms with van der Waals surface area (Å²) in [7, 11) is 0. The smallest absolute Gasteiger partial charge is 0.254 e. The van der Waals surface area contributed by atoms with E-state index in [9.17, 15) is 4.79 Å². The minimum absolute atomic E-state index is 0.121. The highest BCUT2D eigenvalue weighted by Gasteiger charge is 2.16. The van der Waals surface area contributed by atoms with Gasteiger partial charge in [0.05, 0.1) is 12.2 Å². The molecule has 92 valence electrons. The Labute approximate surface area is 104 Å². The van der Waals surface area contributed by atoms with Crippen LogP contribution in [-0.4, -0.2) is 41.9 Å². The van der Waals surface area contributed by atoms with Gasteiger partial charge in [-0.2, -0.15) is 0 Å². The molecule has 0 aliphatic carbocycles. The molecule has 0 spiro atoms. The van der Waals surface area contributed by atoms with Gasteiger partial charge in [-0.05, 0) is 12.7 Å². The molecule has 17 heavy (non-hydrogen) atoms. The summed E-state index contributed by atoms with van der Waals surface area (Å²) in [6.45, 7) is 2.19. The Morgan fingerprint density at radius 1 is 1.59 bits per heavy atom. The molecule has 1 aliphatic heterocycles. The van der Waals surface area contributed by atoms with Crippen molar-refractivity contribution in [3.63, 3.8) is 0 Å². The molecule has 1 amide bonds. The highest BCUT2D eigenvalue weighted by Crippen LogP contribution is 2.11. The van der Waals surface area contributed by atoms with E-state index in [2.05, 4.69) is 15.3 Å². The van der Waals surface area contributed by atoms with Crippen molar-refractivity contribution in [2.24, 2.45) is 5.92 Å². The van der Waals surface area contributed by atoms with Gasteiger partial charge in [0.25, 0.3) is 5.91 Å². The zero-order chi connectivity index (χ0) is 12.1. The molecule has 1 aromatic rings. The Balaban J connectivity index is 1.85. The Morgan fingerprint density at radius 3 is 2.94 bits per heavy atom. The molecule has 1 N–H and O–H groups in total. The third-order valence-electron chi connectivity index (χ3n) is 2.65. The second kappa shape index (κ2) is 5.97. The van der Waals surface area contributed by atoms with Crippen LogP contribution in [0.4, 0.5) is 0 Å². The van der Waals surface area contributed by atoms with Crippen LogP contribution in [0.1, 0.15) is 16.8 Å². The fourth-order valence-corrected chi connectivity index (χ4v) is 1.94. The number of amides is 1. The predicted octanol–water partition coefficient (Wildman–Crippen LogP) is 0.965. The maximum absolute atomic E-state index is 11.8. The first-order valence-electron chi connectivity index (χ1n) is 5.51. The minimum atomic E-state index is -0.121. The van der Waals surface area contributed by atoms with Crippen LogP contribution >= 0.6 is 11.8 Å². The third kappa shape index (κ3) is 3.41. The van der Waals surface area contributed by atoms with Gasteiger partial charge in [0.2, 0.25) is 0 Å². The summed E-state index contributed by atoms with van der Waals surface area (Å²) in [5, 5.41) is 3.54. The number of carbonyl (C=O) groups is 1. The van der Waals surface area contributed by atoms with Crippen LogP contribution in [-0.2, 0) is 4.74 Å². The molecule has 2 heterocycles. The molecule has 0 unspecified atom stereocenters. The molecular weight excluding hydrogens is 238 g/mol. The van der Waals surface area contributed by atoms with Gasteiger partial charge in [0.1, 0.15) is 0 Å². The van der Waals surface area contributed by atoms with E-state index in [-0.39, 0.29) is 5.91 Å². The average molecular weight is 253 g/mol. The van der Waals surface area contributed by atoms with E-state index in [1.165, 1.54) is 11.8 Å².